The number of anilines is 1. The number of aliphatic hydroxyl groups is 1. The van der Waals surface area contributed by atoms with Crippen LogP contribution >= 0.6 is 0 Å². The van der Waals surface area contributed by atoms with Gasteiger partial charge in [0.1, 0.15) is 0 Å². The maximum absolute atomic E-state index is 12.1. The summed E-state index contributed by atoms with van der Waals surface area (Å²) in [5, 5.41) is 10.1. The molecule has 0 saturated heterocycles. The molecule has 3 heteroatoms. The van der Waals surface area contributed by atoms with Crippen LogP contribution in [0.2, 0.25) is 0 Å². The molecule has 0 spiro atoms. The number of Topliss-reactive ketones (excluding diaryl/α,β-unsaturated/α-hetero) is 1. The van der Waals surface area contributed by atoms with Crippen LogP contribution in [0.5, 0.6) is 0 Å². The summed E-state index contributed by atoms with van der Waals surface area (Å²) in [5.74, 6) is 0.0288. The number of para-hydroxylation sites is 1. The lowest BCUT2D eigenvalue weighted by molar-refractivity contribution is 0.0932. The zero-order valence-corrected chi connectivity index (χ0v) is 16.7. The molecule has 26 heavy (non-hydrogen) atoms. The predicted octanol–water partition coefficient (Wildman–Crippen LogP) is 6.29. The van der Waals surface area contributed by atoms with E-state index in [0.29, 0.717) is 24.1 Å². The van der Waals surface area contributed by atoms with Crippen molar-refractivity contribution < 1.29 is 9.90 Å². The molecule has 3 N–H and O–H groups in total. The summed E-state index contributed by atoms with van der Waals surface area (Å²) >= 11 is 0. The SMILES string of the molecule is CCCCCCCCCCCCCC(O)CCC(=O)c1ccccc1N. The number of carbonyl (C=O) groups is 1. The molecule has 0 aliphatic carbocycles. The van der Waals surface area contributed by atoms with Crippen molar-refractivity contribution in [3.05, 3.63) is 29.8 Å². The van der Waals surface area contributed by atoms with Crippen LogP contribution in [0, 0.1) is 0 Å². The molecule has 1 unspecified atom stereocenters. The van der Waals surface area contributed by atoms with Crippen molar-refractivity contribution in [3.63, 3.8) is 0 Å². The second-order valence-electron chi connectivity index (χ2n) is 7.53. The topological polar surface area (TPSA) is 63.3 Å². The lowest BCUT2D eigenvalue weighted by Gasteiger charge is -2.10. The summed E-state index contributed by atoms with van der Waals surface area (Å²) in [4.78, 5) is 12.1. The van der Waals surface area contributed by atoms with E-state index in [-0.39, 0.29) is 11.9 Å². The number of nitrogen functional groups attached to an aromatic ring is 1. The van der Waals surface area contributed by atoms with E-state index >= 15 is 0 Å². The minimum atomic E-state index is -0.373. The van der Waals surface area contributed by atoms with E-state index in [4.69, 9.17) is 5.73 Å². The number of unbranched alkanes of at least 4 members (excludes halogenated alkanes) is 10. The van der Waals surface area contributed by atoms with Gasteiger partial charge in [0.15, 0.2) is 5.78 Å². The lowest BCUT2D eigenvalue weighted by Crippen LogP contribution is -2.11. The normalized spacial score (nSPS) is 12.2. The highest BCUT2D eigenvalue weighted by atomic mass is 16.3. The maximum Gasteiger partial charge on any atom is 0.165 e. The fourth-order valence-corrected chi connectivity index (χ4v) is 3.37. The fourth-order valence-electron chi connectivity index (χ4n) is 3.37. The fraction of sp³-hybridized carbons (Fsp3) is 0.696. The molecule has 0 heterocycles. The van der Waals surface area contributed by atoms with Crippen LogP contribution in [-0.4, -0.2) is 17.0 Å². The number of carbonyl (C=O) groups excluding carboxylic acids is 1. The second kappa shape index (κ2) is 14.8. The highest BCUT2D eigenvalue weighted by Crippen LogP contribution is 2.17. The second-order valence-corrected chi connectivity index (χ2v) is 7.53. The first-order valence-electron chi connectivity index (χ1n) is 10.7. The van der Waals surface area contributed by atoms with Gasteiger partial charge < -0.3 is 10.8 Å². The van der Waals surface area contributed by atoms with Crippen LogP contribution in [0.3, 0.4) is 0 Å². The third kappa shape index (κ3) is 10.6. The quantitative estimate of drug-likeness (QED) is 0.206. The molecular weight excluding hydrogens is 322 g/mol. The Kier molecular flexibility index (Phi) is 12.9. The van der Waals surface area contributed by atoms with Crippen LogP contribution in [0.4, 0.5) is 5.69 Å². The average Bonchev–Trinajstić information content (AvgIpc) is 2.64. The van der Waals surface area contributed by atoms with E-state index in [1.54, 1.807) is 12.1 Å². The van der Waals surface area contributed by atoms with Gasteiger partial charge in [-0.2, -0.15) is 0 Å². The van der Waals surface area contributed by atoms with Gasteiger partial charge in [-0.15, -0.1) is 0 Å². The molecule has 0 aliphatic heterocycles. The van der Waals surface area contributed by atoms with E-state index in [0.717, 1.165) is 12.8 Å². The highest BCUT2D eigenvalue weighted by molar-refractivity contribution is 6.00. The Labute approximate surface area is 160 Å². The first-order valence-corrected chi connectivity index (χ1v) is 10.7. The Balaban J connectivity index is 1.96. The first kappa shape index (κ1) is 22.7. The Morgan fingerprint density at radius 1 is 0.885 bits per heavy atom. The van der Waals surface area contributed by atoms with Crippen LogP contribution < -0.4 is 5.73 Å². The zero-order valence-electron chi connectivity index (χ0n) is 16.7. The van der Waals surface area contributed by atoms with Crippen molar-refractivity contribution in [3.8, 4) is 0 Å². The van der Waals surface area contributed by atoms with Gasteiger partial charge in [0.2, 0.25) is 0 Å². The largest absolute Gasteiger partial charge is 0.398 e. The van der Waals surface area contributed by atoms with E-state index in [1.165, 1.54) is 64.2 Å². The molecule has 0 bridgehead atoms. The Hall–Kier alpha value is -1.35. The van der Waals surface area contributed by atoms with Gasteiger partial charge in [-0.05, 0) is 25.0 Å². The molecule has 0 amide bonds. The summed E-state index contributed by atoms with van der Waals surface area (Å²) in [6.45, 7) is 2.26. The van der Waals surface area contributed by atoms with E-state index in [2.05, 4.69) is 6.92 Å². The molecule has 1 aromatic carbocycles. The van der Waals surface area contributed by atoms with E-state index in [9.17, 15) is 9.90 Å². The van der Waals surface area contributed by atoms with Gasteiger partial charge in [-0.1, -0.05) is 89.7 Å². The smallest absolute Gasteiger partial charge is 0.165 e. The molecule has 0 aromatic heterocycles. The molecule has 3 nitrogen and oxygen atoms in total. The summed E-state index contributed by atoms with van der Waals surface area (Å²) < 4.78 is 0. The number of hydrogen-bond acceptors (Lipinski definition) is 3. The van der Waals surface area contributed by atoms with Crippen LogP contribution in [0.1, 0.15) is 107 Å². The Bertz CT molecular complexity index is 487. The summed E-state index contributed by atoms with van der Waals surface area (Å²) in [7, 11) is 0. The molecule has 0 radical (unpaired) electrons. The van der Waals surface area contributed by atoms with E-state index in [1.807, 2.05) is 12.1 Å². The minimum absolute atomic E-state index is 0.0288. The monoisotopic (exact) mass is 361 g/mol. The number of benzene rings is 1. The highest BCUT2D eigenvalue weighted by Gasteiger charge is 2.12. The lowest BCUT2D eigenvalue weighted by atomic mass is 10.00. The average molecular weight is 362 g/mol. The number of ketones is 1. The number of hydrogen-bond donors (Lipinski definition) is 2. The minimum Gasteiger partial charge on any atom is -0.398 e. The summed E-state index contributed by atoms with van der Waals surface area (Å²) in [5.41, 5.74) is 6.93. The summed E-state index contributed by atoms with van der Waals surface area (Å²) in [6, 6.07) is 7.15. The van der Waals surface area contributed by atoms with Crippen molar-refractivity contribution >= 4 is 11.5 Å². The van der Waals surface area contributed by atoms with E-state index < -0.39 is 0 Å². The molecule has 1 atom stereocenters. The molecule has 0 aliphatic rings. The molecule has 0 fully saturated rings. The van der Waals surface area contributed by atoms with Crippen LogP contribution in [0.15, 0.2) is 24.3 Å². The van der Waals surface area contributed by atoms with Gasteiger partial charge in [0.25, 0.3) is 0 Å². The van der Waals surface area contributed by atoms with Crippen molar-refractivity contribution in [1.82, 2.24) is 0 Å². The summed E-state index contributed by atoms with van der Waals surface area (Å²) in [6.07, 6.45) is 15.8. The molecular formula is C23H39NO2. The van der Waals surface area contributed by atoms with Crippen molar-refractivity contribution in [1.29, 1.82) is 0 Å². The molecule has 0 saturated carbocycles. The predicted molar refractivity (Wildman–Crippen MR) is 112 cm³/mol. The Morgan fingerprint density at radius 3 is 2.00 bits per heavy atom. The standard InChI is InChI=1S/C23H39NO2/c1-2-3-4-5-6-7-8-9-10-11-12-15-20(25)18-19-23(26)21-16-13-14-17-22(21)24/h13-14,16-17,20,25H,2-12,15,18-19,24H2,1H3. The van der Waals surface area contributed by atoms with Crippen molar-refractivity contribution in [2.75, 3.05) is 5.73 Å². The number of rotatable bonds is 16. The molecule has 148 valence electrons. The van der Waals surface area contributed by atoms with Crippen LogP contribution in [0.25, 0.3) is 0 Å². The maximum atomic E-state index is 12.1. The molecule has 1 rings (SSSR count). The van der Waals surface area contributed by atoms with Gasteiger partial charge in [-0.3, -0.25) is 4.79 Å². The Morgan fingerprint density at radius 2 is 1.42 bits per heavy atom. The first-order chi connectivity index (χ1) is 12.6. The zero-order chi connectivity index (χ0) is 19.0. The van der Waals surface area contributed by atoms with Gasteiger partial charge in [0.05, 0.1) is 6.10 Å². The third-order valence-electron chi connectivity index (χ3n) is 5.11. The van der Waals surface area contributed by atoms with Gasteiger partial charge in [0, 0.05) is 17.7 Å². The third-order valence-corrected chi connectivity index (χ3v) is 5.11. The molecule has 1 aromatic rings. The van der Waals surface area contributed by atoms with Crippen LogP contribution in [-0.2, 0) is 0 Å². The number of aliphatic hydroxyl groups excluding tert-OH is 1. The number of nitrogens with two attached hydrogens (primary N) is 1. The van der Waals surface area contributed by atoms with Gasteiger partial charge >= 0.3 is 0 Å². The van der Waals surface area contributed by atoms with Crippen molar-refractivity contribution in [2.24, 2.45) is 0 Å². The van der Waals surface area contributed by atoms with Gasteiger partial charge in [-0.25, -0.2) is 0 Å². The van der Waals surface area contributed by atoms with Crippen molar-refractivity contribution in [2.45, 2.75) is 103 Å².